The Balaban J connectivity index is 0.957. The number of carboxylic acid groups (broad SMARTS) is 3. The second-order valence-corrected chi connectivity index (χ2v) is 31.2. The number of allylic oxidation sites excluding steroid dienone is 7. The van der Waals surface area contributed by atoms with Crippen LogP contribution < -0.4 is 25.6 Å². The first-order valence-corrected chi connectivity index (χ1v) is 38.9. The summed E-state index contributed by atoms with van der Waals surface area (Å²) in [5, 5.41) is 37.6. The van der Waals surface area contributed by atoms with Crippen molar-refractivity contribution in [2.45, 2.75) is 192 Å². The third kappa shape index (κ3) is 23.2. The van der Waals surface area contributed by atoms with Gasteiger partial charge in [-0.2, -0.15) is 21.4 Å². The molecule has 0 saturated carbocycles. The number of nitrogens with zero attached hydrogens (tertiary/aromatic N) is 2. The molecule has 2 aliphatic heterocycles. The number of unbranched alkanes of at least 4 members (excludes halogenated alkanes) is 7. The van der Waals surface area contributed by atoms with E-state index >= 15 is 0 Å². The number of H-pyrrole nitrogens is 1. The first-order chi connectivity index (χ1) is 49.0. The lowest BCUT2D eigenvalue weighted by Gasteiger charge is -2.27. The largest absolute Gasteiger partial charge is 0.481 e. The average molecular weight is 1460 g/mol. The number of benzene rings is 4. The number of carbonyl (C=O) groups is 7. The number of Topliss-reactive ketones (excluding diaryl/α,β-unsaturated/α-hetero) is 2. The highest BCUT2D eigenvalue weighted by Gasteiger charge is 2.44. The van der Waals surface area contributed by atoms with Crippen LogP contribution in [0.5, 0.6) is 5.75 Å². The molecule has 0 unspecified atom stereocenters. The van der Waals surface area contributed by atoms with E-state index in [4.69, 9.17) is 9.84 Å². The van der Waals surface area contributed by atoms with Gasteiger partial charge in [0.15, 0.2) is 11.5 Å². The zero-order chi connectivity index (χ0) is 74.5. The number of amides is 3. The molecule has 25 heteroatoms. The molecular weight excluding hydrogens is 1360 g/mol. The average Bonchev–Trinajstić information content (AvgIpc) is 1.60. The number of nitrogens with one attached hydrogen (secondary N) is 4. The third-order valence-electron chi connectivity index (χ3n) is 19.5. The van der Waals surface area contributed by atoms with Gasteiger partial charge in [0.1, 0.15) is 29.9 Å². The summed E-state index contributed by atoms with van der Waals surface area (Å²) in [6.07, 6.45) is 17.9. The van der Waals surface area contributed by atoms with Gasteiger partial charge < -0.3 is 45.9 Å². The number of hydrogen-bond donors (Lipinski definition) is 9. The minimum Gasteiger partial charge on any atom is -0.481 e. The fraction of sp³-hybridized carbons (Fsp3) is 0.462. The molecule has 0 bridgehead atoms. The topological polar surface area (TPSA) is 356 Å². The first kappa shape index (κ1) is 79.7. The fourth-order valence-corrected chi connectivity index (χ4v) is 15.1. The lowest BCUT2D eigenvalue weighted by atomic mass is 9.81. The number of urea groups is 1. The summed E-state index contributed by atoms with van der Waals surface area (Å²) >= 11 is 0. The van der Waals surface area contributed by atoms with Crippen molar-refractivity contribution >= 4 is 89.6 Å². The quantitative estimate of drug-likeness (QED) is 0.00995. The highest BCUT2D eigenvalue weighted by atomic mass is 32.2. The Bertz CT molecular complexity index is 4280. The Morgan fingerprint density at radius 3 is 2.01 bits per heavy atom. The fourth-order valence-electron chi connectivity index (χ4n) is 14.0. The number of aromatic nitrogens is 1. The van der Waals surface area contributed by atoms with Crippen molar-refractivity contribution in [3.8, 4) is 5.75 Å². The number of carboxylic acids is 3. The zero-order valence-electron chi connectivity index (χ0n) is 59.3. The van der Waals surface area contributed by atoms with Gasteiger partial charge in [-0.1, -0.05) is 112 Å². The van der Waals surface area contributed by atoms with Crippen LogP contribution in [-0.4, -0.2) is 141 Å². The van der Waals surface area contributed by atoms with Crippen molar-refractivity contribution in [2.75, 3.05) is 36.0 Å². The number of aromatic amines is 1. The predicted molar refractivity (Wildman–Crippen MR) is 395 cm³/mol. The van der Waals surface area contributed by atoms with E-state index in [1.54, 1.807) is 30.5 Å². The molecular formula is C78H99N6O17S2+. The summed E-state index contributed by atoms with van der Waals surface area (Å²) in [5.74, 6) is -5.13. The van der Waals surface area contributed by atoms with Crippen LogP contribution in [0.4, 0.5) is 16.2 Å². The summed E-state index contributed by atoms with van der Waals surface area (Å²) < 4.78 is 75.2. The molecule has 3 aliphatic rings. The van der Waals surface area contributed by atoms with Gasteiger partial charge in [0.25, 0.3) is 20.2 Å². The molecule has 554 valence electrons. The van der Waals surface area contributed by atoms with E-state index < -0.39 is 78.8 Å². The van der Waals surface area contributed by atoms with Crippen molar-refractivity contribution in [3.63, 3.8) is 0 Å². The van der Waals surface area contributed by atoms with Gasteiger partial charge >= 0.3 is 23.9 Å². The van der Waals surface area contributed by atoms with Crippen molar-refractivity contribution in [1.82, 2.24) is 20.9 Å². The van der Waals surface area contributed by atoms with Crippen molar-refractivity contribution < 1.29 is 84.1 Å². The SMILES string of the molecule is CC1(C)C(=CC=C2CCCC(C=CC3=[N+](CCCCS(=O)(=O)O)c4ccccc4C3(C)C)=C2Oc2ccc(C[C@H](CC(=O)[C@H](Cc3c[nH]c4ccccc34)NC(=O)CCCCCCCCC(=O)CC[C@H](NC(=O)NCCCC(=O)O)C(=O)O)C(=O)O)cc2)N(CCCCS(=O)(=O)O)c2ccccc21. The highest BCUT2D eigenvalue weighted by Crippen LogP contribution is 2.48. The molecule has 8 rings (SSSR count). The van der Waals surface area contributed by atoms with E-state index in [9.17, 15) is 69.7 Å². The Labute approximate surface area is 603 Å². The predicted octanol–water partition coefficient (Wildman–Crippen LogP) is 12.6. The van der Waals surface area contributed by atoms with Crippen molar-refractivity contribution in [1.29, 1.82) is 0 Å². The molecule has 1 aromatic heterocycles. The molecule has 23 nitrogen and oxygen atoms in total. The number of aliphatic carboxylic acids is 3. The van der Waals surface area contributed by atoms with Crippen LogP contribution in [0.2, 0.25) is 0 Å². The van der Waals surface area contributed by atoms with Gasteiger partial charge in [0.05, 0.1) is 28.9 Å². The summed E-state index contributed by atoms with van der Waals surface area (Å²) in [5.41, 5.74) is 9.42. The molecule has 0 fully saturated rings. The van der Waals surface area contributed by atoms with Crippen LogP contribution in [0.15, 0.2) is 150 Å². The molecule has 4 aromatic carbocycles. The van der Waals surface area contributed by atoms with Gasteiger partial charge in [-0.3, -0.25) is 33.1 Å². The molecule has 3 atom stereocenters. The molecule has 0 saturated heterocycles. The van der Waals surface area contributed by atoms with Gasteiger partial charge in [0, 0.05) is 110 Å². The first-order valence-electron chi connectivity index (χ1n) is 35.7. The number of para-hydroxylation sites is 3. The second kappa shape index (κ2) is 36.9. The monoisotopic (exact) mass is 1460 g/mol. The molecule has 0 spiro atoms. The van der Waals surface area contributed by atoms with Gasteiger partial charge in [-0.05, 0) is 149 Å². The van der Waals surface area contributed by atoms with Crippen LogP contribution in [0.3, 0.4) is 0 Å². The normalized spacial score (nSPS) is 16.6. The van der Waals surface area contributed by atoms with E-state index in [1.807, 2.05) is 48.5 Å². The minimum atomic E-state index is -4.14. The molecule has 3 heterocycles. The molecule has 1 aliphatic carbocycles. The van der Waals surface area contributed by atoms with Crippen LogP contribution in [0.25, 0.3) is 10.9 Å². The van der Waals surface area contributed by atoms with Gasteiger partial charge in [-0.15, -0.1) is 0 Å². The summed E-state index contributed by atoms with van der Waals surface area (Å²) in [6, 6.07) is 27.9. The van der Waals surface area contributed by atoms with E-state index in [2.05, 4.69) is 107 Å². The van der Waals surface area contributed by atoms with Crippen LogP contribution in [0.1, 0.15) is 178 Å². The lowest BCUT2D eigenvalue weighted by molar-refractivity contribution is -0.438. The number of ketones is 2. The molecule has 3 amide bonds. The van der Waals surface area contributed by atoms with Crippen LogP contribution in [0, 0.1) is 5.92 Å². The summed E-state index contributed by atoms with van der Waals surface area (Å²) in [4.78, 5) is 94.0. The number of fused-ring (bicyclic) bond motifs is 3. The standard InChI is InChI=1S/C78H98N6O17S2/c1-77(2)61-27-12-15-30-66(61)83(45-17-19-47-102(95,96)97)69(77)42-36-54-23-21-24-55(37-43-70-78(3,4)62-28-13-16-31-67(62)84(70)46-18-20-48-103(98,99)100)73(54)101-59-39-34-53(35-40-59)49-56(74(90)91)51-68(86)65(50-57-52-80-63-29-14-11-26-60(57)63)81-71(87)32-10-8-6-5-7-9-25-58(85)38-41-64(75(92)93)82-76(94)79-44-22-33-72(88)89/h11-16,26-31,34-37,39-40,42-43,52,56,64-65,80H,5-10,17-25,32-33,38,41,44-51H2,1-4H3,(H7-,79,81,82,87,88,89,90,91,92,93,94,95,96,97,98,99,100)/p+1/t56-,64+,65+/m1/s1. The van der Waals surface area contributed by atoms with Crippen LogP contribution >= 0.6 is 0 Å². The maximum atomic E-state index is 14.5. The maximum Gasteiger partial charge on any atom is 0.326 e. The lowest BCUT2D eigenvalue weighted by Crippen LogP contribution is -2.46. The Morgan fingerprint density at radius 1 is 0.650 bits per heavy atom. The molecule has 103 heavy (non-hydrogen) atoms. The van der Waals surface area contributed by atoms with Crippen LogP contribution in [-0.2, 0) is 72.7 Å². The Morgan fingerprint density at radius 2 is 1.31 bits per heavy atom. The summed E-state index contributed by atoms with van der Waals surface area (Å²) in [7, 11) is -8.28. The number of hydrogen-bond acceptors (Lipinski definition) is 13. The minimum absolute atomic E-state index is 0.00503. The van der Waals surface area contributed by atoms with E-state index in [0.717, 1.165) is 87.2 Å². The van der Waals surface area contributed by atoms with E-state index in [0.29, 0.717) is 75.1 Å². The number of rotatable bonds is 42. The highest BCUT2D eigenvalue weighted by molar-refractivity contribution is 7.86. The number of anilines is 1. The Hall–Kier alpha value is -9.04. The maximum absolute atomic E-state index is 14.5. The zero-order valence-corrected chi connectivity index (χ0v) is 60.9. The van der Waals surface area contributed by atoms with Gasteiger partial charge in [-0.25, -0.2) is 9.59 Å². The molecule has 0 radical (unpaired) electrons. The second-order valence-electron chi connectivity index (χ2n) is 28.1. The number of carbonyl (C=O) groups excluding carboxylic acids is 4. The molecule has 5 aromatic rings. The number of ether oxygens (including phenoxy) is 1. The van der Waals surface area contributed by atoms with E-state index in [1.165, 1.54) is 0 Å². The summed E-state index contributed by atoms with van der Waals surface area (Å²) in [6.45, 7) is 9.68. The smallest absolute Gasteiger partial charge is 0.326 e. The van der Waals surface area contributed by atoms with E-state index in [-0.39, 0.29) is 100 Å². The Kier molecular flexibility index (Phi) is 28.5. The van der Waals surface area contributed by atoms with Crippen molar-refractivity contribution in [2.24, 2.45) is 5.92 Å². The molecule has 9 N–H and O–H groups in total. The van der Waals surface area contributed by atoms with Gasteiger partial charge in [0.2, 0.25) is 11.6 Å². The van der Waals surface area contributed by atoms with Crippen molar-refractivity contribution in [3.05, 3.63) is 172 Å². The third-order valence-corrected chi connectivity index (χ3v) is 21.2.